The zero-order valence-corrected chi connectivity index (χ0v) is 10.5. The van der Waals surface area contributed by atoms with Gasteiger partial charge in [-0.25, -0.2) is 4.79 Å². The van der Waals surface area contributed by atoms with Crippen LogP contribution in [-0.2, 0) is 0 Å². The van der Waals surface area contributed by atoms with Gasteiger partial charge in [-0.05, 0) is 51.9 Å². The van der Waals surface area contributed by atoms with Crippen LogP contribution < -0.4 is 0 Å². The molecule has 0 heterocycles. The molecule has 1 N–H and O–H groups in total. The molecule has 0 fully saturated rings. The molecule has 0 atom stereocenters. The van der Waals surface area contributed by atoms with Gasteiger partial charge in [0.25, 0.3) is 0 Å². The van der Waals surface area contributed by atoms with Crippen LogP contribution >= 0.6 is 22.6 Å². The molecule has 0 amide bonds. The van der Waals surface area contributed by atoms with E-state index in [1.807, 2.05) is 36.4 Å². The number of rotatable bonds is 2. The molecule has 2 nitrogen and oxygen atoms in total. The zero-order valence-electron chi connectivity index (χ0n) is 8.35. The maximum Gasteiger partial charge on any atom is 0.336 e. The number of halogens is 1. The average molecular weight is 324 g/mol. The van der Waals surface area contributed by atoms with Crippen LogP contribution in [0.15, 0.2) is 48.5 Å². The SMILES string of the molecule is O=C(O)c1ccc(I)cc1-c1ccccc1. The van der Waals surface area contributed by atoms with Crippen molar-refractivity contribution in [2.45, 2.75) is 0 Å². The molecule has 0 aliphatic rings. The predicted octanol–water partition coefficient (Wildman–Crippen LogP) is 3.66. The molecule has 3 heteroatoms. The van der Waals surface area contributed by atoms with E-state index in [1.54, 1.807) is 12.1 Å². The van der Waals surface area contributed by atoms with Gasteiger partial charge in [-0.1, -0.05) is 30.3 Å². The molecular formula is C13H9IO2. The first kappa shape index (κ1) is 11.1. The second kappa shape index (κ2) is 4.65. The van der Waals surface area contributed by atoms with Crippen LogP contribution in [0.5, 0.6) is 0 Å². The van der Waals surface area contributed by atoms with Crippen molar-refractivity contribution >= 4 is 28.6 Å². The summed E-state index contributed by atoms with van der Waals surface area (Å²) in [6.45, 7) is 0. The van der Waals surface area contributed by atoms with Gasteiger partial charge in [0.05, 0.1) is 5.56 Å². The van der Waals surface area contributed by atoms with Gasteiger partial charge < -0.3 is 5.11 Å². The third-order valence-corrected chi connectivity index (χ3v) is 2.97. The van der Waals surface area contributed by atoms with E-state index >= 15 is 0 Å². The van der Waals surface area contributed by atoms with E-state index < -0.39 is 5.97 Å². The highest BCUT2D eigenvalue weighted by Gasteiger charge is 2.11. The molecule has 2 aromatic carbocycles. The van der Waals surface area contributed by atoms with Crippen LogP contribution in [0.2, 0.25) is 0 Å². The van der Waals surface area contributed by atoms with Crippen molar-refractivity contribution in [1.82, 2.24) is 0 Å². The Morgan fingerprint density at radius 3 is 2.38 bits per heavy atom. The molecule has 0 unspecified atom stereocenters. The monoisotopic (exact) mass is 324 g/mol. The number of carboxylic acid groups (broad SMARTS) is 1. The molecule has 80 valence electrons. The molecule has 0 radical (unpaired) electrons. The molecule has 0 bridgehead atoms. The highest BCUT2D eigenvalue weighted by atomic mass is 127. The Labute approximate surface area is 107 Å². The highest BCUT2D eigenvalue weighted by Crippen LogP contribution is 2.25. The first-order valence-electron chi connectivity index (χ1n) is 4.77. The third-order valence-electron chi connectivity index (χ3n) is 2.30. The van der Waals surface area contributed by atoms with Crippen LogP contribution in [-0.4, -0.2) is 11.1 Å². The fraction of sp³-hybridized carbons (Fsp3) is 0. The minimum atomic E-state index is -0.893. The van der Waals surface area contributed by atoms with Gasteiger partial charge in [0.2, 0.25) is 0 Å². The predicted molar refractivity (Wildman–Crippen MR) is 71.6 cm³/mol. The van der Waals surface area contributed by atoms with Gasteiger partial charge in [-0.15, -0.1) is 0 Å². The summed E-state index contributed by atoms with van der Waals surface area (Å²) in [4.78, 5) is 11.1. The van der Waals surface area contributed by atoms with Crippen LogP contribution in [0.25, 0.3) is 11.1 Å². The Morgan fingerprint density at radius 1 is 1.06 bits per heavy atom. The number of aromatic carboxylic acids is 1. The van der Waals surface area contributed by atoms with Gasteiger partial charge >= 0.3 is 5.97 Å². The second-order valence-electron chi connectivity index (χ2n) is 3.36. The second-order valence-corrected chi connectivity index (χ2v) is 4.61. The Kier molecular flexibility index (Phi) is 3.24. The van der Waals surface area contributed by atoms with Crippen molar-refractivity contribution in [3.8, 4) is 11.1 Å². The van der Waals surface area contributed by atoms with Gasteiger partial charge in [-0.3, -0.25) is 0 Å². The first-order valence-corrected chi connectivity index (χ1v) is 5.84. The fourth-order valence-corrected chi connectivity index (χ4v) is 2.05. The van der Waals surface area contributed by atoms with E-state index in [2.05, 4.69) is 22.6 Å². The van der Waals surface area contributed by atoms with Crippen LogP contribution in [0.1, 0.15) is 10.4 Å². The molecule has 0 aromatic heterocycles. The quantitative estimate of drug-likeness (QED) is 0.856. The number of hydrogen-bond donors (Lipinski definition) is 1. The normalized spacial score (nSPS) is 10.1. The van der Waals surface area contributed by atoms with Gasteiger partial charge in [0, 0.05) is 3.57 Å². The largest absolute Gasteiger partial charge is 0.478 e. The van der Waals surface area contributed by atoms with Crippen molar-refractivity contribution < 1.29 is 9.90 Å². The van der Waals surface area contributed by atoms with E-state index in [-0.39, 0.29) is 0 Å². The smallest absolute Gasteiger partial charge is 0.336 e. The lowest BCUT2D eigenvalue weighted by atomic mass is 10.00. The van der Waals surface area contributed by atoms with E-state index in [1.165, 1.54) is 0 Å². The van der Waals surface area contributed by atoms with Gasteiger partial charge in [0.15, 0.2) is 0 Å². The molecule has 2 aromatic rings. The first-order chi connectivity index (χ1) is 7.68. The maximum atomic E-state index is 11.1. The minimum Gasteiger partial charge on any atom is -0.478 e. The van der Waals surface area contributed by atoms with E-state index in [4.69, 9.17) is 5.11 Å². The highest BCUT2D eigenvalue weighted by molar-refractivity contribution is 14.1. The zero-order chi connectivity index (χ0) is 11.5. The molecule has 0 spiro atoms. The van der Waals surface area contributed by atoms with Crippen LogP contribution in [0, 0.1) is 3.57 Å². The maximum absolute atomic E-state index is 11.1. The number of carboxylic acids is 1. The summed E-state index contributed by atoms with van der Waals surface area (Å²) in [5.41, 5.74) is 2.03. The minimum absolute atomic E-state index is 0.339. The Hall–Kier alpha value is -1.36. The lowest BCUT2D eigenvalue weighted by Crippen LogP contribution is -1.99. The topological polar surface area (TPSA) is 37.3 Å². The molecule has 2 rings (SSSR count). The summed E-state index contributed by atoms with van der Waals surface area (Å²) >= 11 is 2.18. The van der Waals surface area contributed by atoms with E-state index in [0.29, 0.717) is 5.56 Å². The summed E-state index contributed by atoms with van der Waals surface area (Å²) in [6.07, 6.45) is 0. The van der Waals surface area contributed by atoms with Crippen LogP contribution in [0.3, 0.4) is 0 Å². The Bertz CT molecular complexity index is 521. The fourth-order valence-electron chi connectivity index (χ4n) is 1.56. The van der Waals surface area contributed by atoms with Crippen molar-refractivity contribution in [3.63, 3.8) is 0 Å². The summed E-state index contributed by atoms with van der Waals surface area (Å²) in [5, 5.41) is 9.12. The number of carbonyl (C=O) groups is 1. The van der Waals surface area contributed by atoms with Crippen LogP contribution in [0.4, 0.5) is 0 Å². The van der Waals surface area contributed by atoms with Crippen molar-refractivity contribution in [3.05, 3.63) is 57.7 Å². The molecule has 0 aliphatic heterocycles. The molecule has 16 heavy (non-hydrogen) atoms. The number of hydrogen-bond acceptors (Lipinski definition) is 1. The Balaban J connectivity index is 2.63. The number of benzene rings is 2. The summed E-state index contributed by atoms with van der Waals surface area (Å²) in [6, 6.07) is 14.9. The lowest BCUT2D eigenvalue weighted by Gasteiger charge is -2.06. The van der Waals surface area contributed by atoms with Gasteiger partial charge in [0.1, 0.15) is 0 Å². The molecule has 0 saturated heterocycles. The summed E-state index contributed by atoms with van der Waals surface area (Å²) < 4.78 is 1.03. The van der Waals surface area contributed by atoms with Crippen molar-refractivity contribution in [2.75, 3.05) is 0 Å². The standard InChI is InChI=1S/C13H9IO2/c14-10-6-7-11(13(15)16)12(8-10)9-4-2-1-3-5-9/h1-8H,(H,15,16). The molecule has 0 aliphatic carbocycles. The van der Waals surface area contributed by atoms with Crippen molar-refractivity contribution in [2.24, 2.45) is 0 Å². The summed E-state index contributed by atoms with van der Waals surface area (Å²) in [7, 11) is 0. The molecular weight excluding hydrogens is 315 g/mol. The van der Waals surface area contributed by atoms with E-state index in [0.717, 1.165) is 14.7 Å². The lowest BCUT2D eigenvalue weighted by molar-refractivity contribution is 0.0697. The Morgan fingerprint density at radius 2 is 1.75 bits per heavy atom. The molecule has 0 saturated carbocycles. The van der Waals surface area contributed by atoms with Gasteiger partial charge in [-0.2, -0.15) is 0 Å². The summed E-state index contributed by atoms with van der Waals surface area (Å²) in [5.74, 6) is -0.893. The third kappa shape index (κ3) is 2.24. The van der Waals surface area contributed by atoms with Crippen molar-refractivity contribution in [1.29, 1.82) is 0 Å². The average Bonchev–Trinajstić information content (AvgIpc) is 2.29. The van der Waals surface area contributed by atoms with E-state index in [9.17, 15) is 4.79 Å².